The van der Waals surface area contributed by atoms with Gasteiger partial charge in [0.15, 0.2) is 4.67 Å². The van der Waals surface area contributed by atoms with Crippen LogP contribution in [0.15, 0.2) is 35.0 Å². The second-order valence-corrected chi connectivity index (χ2v) is 5.57. The highest BCUT2D eigenvalue weighted by Crippen LogP contribution is 2.27. The highest BCUT2D eigenvalue weighted by molar-refractivity contribution is 9.11. The fourth-order valence-electron chi connectivity index (χ4n) is 2.31. The van der Waals surface area contributed by atoms with Crippen LogP contribution in [0.25, 0.3) is 0 Å². The maximum atomic E-state index is 5.78. The molecule has 0 unspecified atom stereocenters. The average Bonchev–Trinajstić information content (AvgIpc) is 2.30. The molecule has 1 aliphatic rings. The van der Waals surface area contributed by atoms with Crippen LogP contribution in [0.1, 0.15) is 37.7 Å². The van der Waals surface area contributed by atoms with Gasteiger partial charge in [-0.1, -0.05) is 31.4 Å². The summed E-state index contributed by atoms with van der Waals surface area (Å²) in [5.41, 5.74) is 1.22. The molecule has 0 aliphatic heterocycles. The zero-order valence-corrected chi connectivity index (χ0v) is 11.9. The third kappa shape index (κ3) is 4.19. The fourth-order valence-corrected chi connectivity index (χ4v) is 2.87. The van der Waals surface area contributed by atoms with Crippen LogP contribution in [-0.4, -0.2) is 0 Å². The van der Waals surface area contributed by atoms with Gasteiger partial charge in [-0.05, 0) is 65.4 Å². The van der Waals surface area contributed by atoms with Gasteiger partial charge in [0.2, 0.25) is 0 Å². The number of ether oxygens (including phenoxy) is 1. The van der Waals surface area contributed by atoms with Crippen molar-refractivity contribution < 1.29 is 4.74 Å². The lowest BCUT2D eigenvalue weighted by Crippen LogP contribution is -2.04. The summed E-state index contributed by atoms with van der Waals surface area (Å²) in [5, 5.41) is 0. The molecule has 2 rings (SSSR count). The molecule has 1 saturated carbocycles. The Labute approximate surface area is 112 Å². The number of rotatable bonds is 3. The summed E-state index contributed by atoms with van der Waals surface area (Å²) in [6.07, 6.45) is 8.92. The van der Waals surface area contributed by atoms with Crippen LogP contribution in [0.2, 0.25) is 0 Å². The summed E-state index contributed by atoms with van der Waals surface area (Å²) in [6, 6.07) is 8.14. The normalized spacial score (nSPS) is 18.1. The molecule has 17 heavy (non-hydrogen) atoms. The smallest absolute Gasteiger partial charge is 0.166 e. The van der Waals surface area contributed by atoms with E-state index < -0.39 is 0 Å². The van der Waals surface area contributed by atoms with Gasteiger partial charge in [-0.3, -0.25) is 0 Å². The first-order chi connectivity index (χ1) is 8.24. The van der Waals surface area contributed by atoms with Crippen LogP contribution in [0.5, 0.6) is 5.75 Å². The van der Waals surface area contributed by atoms with Gasteiger partial charge in [-0.25, -0.2) is 0 Å². The van der Waals surface area contributed by atoms with Gasteiger partial charge in [0.1, 0.15) is 5.75 Å². The summed E-state index contributed by atoms with van der Waals surface area (Å²) in [4.78, 5) is 0. The number of allylic oxidation sites excluding steroid dienone is 1. The maximum absolute atomic E-state index is 5.78. The van der Waals surface area contributed by atoms with E-state index >= 15 is 0 Å². The minimum Gasteiger partial charge on any atom is -0.450 e. The predicted molar refractivity (Wildman–Crippen MR) is 75.4 cm³/mol. The average molecular weight is 295 g/mol. The molecule has 0 heterocycles. The number of hydrogen-bond acceptors (Lipinski definition) is 1. The van der Waals surface area contributed by atoms with Gasteiger partial charge in [0, 0.05) is 0 Å². The van der Waals surface area contributed by atoms with E-state index in [1.165, 1.54) is 37.7 Å². The highest BCUT2D eigenvalue weighted by Gasteiger charge is 2.12. The third-order valence-corrected chi connectivity index (χ3v) is 3.65. The van der Waals surface area contributed by atoms with E-state index in [1.54, 1.807) is 0 Å². The second-order valence-electron chi connectivity index (χ2n) is 4.79. The van der Waals surface area contributed by atoms with Crippen molar-refractivity contribution in [3.8, 4) is 5.75 Å². The number of halogens is 1. The van der Waals surface area contributed by atoms with Crippen molar-refractivity contribution in [3.05, 3.63) is 40.6 Å². The molecule has 1 aromatic carbocycles. The van der Waals surface area contributed by atoms with Gasteiger partial charge in [0.25, 0.3) is 0 Å². The molecule has 0 aromatic heterocycles. The fraction of sp³-hybridized carbons (Fsp3) is 0.467. The molecule has 92 valence electrons. The van der Waals surface area contributed by atoms with Crippen molar-refractivity contribution in [1.82, 2.24) is 0 Å². The Morgan fingerprint density at radius 3 is 2.76 bits per heavy atom. The lowest BCUT2D eigenvalue weighted by Gasteiger charge is -2.18. The Kier molecular flexibility index (Phi) is 4.66. The largest absolute Gasteiger partial charge is 0.450 e. The Morgan fingerprint density at radius 1 is 1.29 bits per heavy atom. The number of benzene rings is 1. The standard InChI is InChI=1S/C15H19BrO/c1-12-6-5-9-14(10-12)17-15(16)11-13-7-3-2-4-8-13/h5-6,9-11,13H,2-4,7-8H2,1H3/b15-11+. The summed E-state index contributed by atoms with van der Waals surface area (Å²) in [5.74, 6) is 1.59. The van der Waals surface area contributed by atoms with E-state index in [9.17, 15) is 0 Å². The first kappa shape index (κ1) is 12.7. The van der Waals surface area contributed by atoms with Gasteiger partial charge >= 0.3 is 0 Å². The highest BCUT2D eigenvalue weighted by atomic mass is 79.9. The zero-order valence-electron chi connectivity index (χ0n) is 10.3. The molecule has 0 radical (unpaired) electrons. The molecule has 1 fully saturated rings. The summed E-state index contributed by atoms with van der Waals surface area (Å²) in [6.45, 7) is 2.08. The van der Waals surface area contributed by atoms with Crippen molar-refractivity contribution in [3.63, 3.8) is 0 Å². The van der Waals surface area contributed by atoms with Crippen molar-refractivity contribution in [2.75, 3.05) is 0 Å². The van der Waals surface area contributed by atoms with Crippen LogP contribution in [0, 0.1) is 12.8 Å². The molecule has 1 aliphatic carbocycles. The van der Waals surface area contributed by atoms with Gasteiger partial charge in [-0.2, -0.15) is 0 Å². The van der Waals surface area contributed by atoms with Crippen molar-refractivity contribution in [2.24, 2.45) is 5.92 Å². The van der Waals surface area contributed by atoms with E-state index in [0.29, 0.717) is 5.92 Å². The molecule has 0 N–H and O–H groups in total. The third-order valence-electron chi connectivity index (χ3n) is 3.22. The minimum atomic E-state index is 0.683. The second kappa shape index (κ2) is 6.25. The monoisotopic (exact) mass is 294 g/mol. The van der Waals surface area contributed by atoms with Crippen molar-refractivity contribution in [2.45, 2.75) is 39.0 Å². The van der Waals surface area contributed by atoms with Gasteiger partial charge in [-0.15, -0.1) is 0 Å². The molecule has 0 spiro atoms. The first-order valence-electron chi connectivity index (χ1n) is 6.36. The number of aryl methyl sites for hydroxylation is 1. The summed E-state index contributed by atoms with van der Waals surface area (Å²) >= 11 is 3.51. The zero-order chi connectivity index (χ0) is 12.1. The molecule has 2 heteroatoms. The molecule has 0 amide bonds. The van der Waals surface area contributed by atoms with E-state index in [1.807, 2.05) is 12.1 Å². The lowest BCUT2D eigenvalue weighted by molar-refractivity contribution is 0.402. The van der Waals surface area contributed by atoms with Crippen LogP contribution >= 0.6 is 15.9 Å². The van der Waals surface area contributed by atoms with Crippen molar-refractivity contribution in [1.29, 1.82) is 0 Å². The SMILES string of the molecule is Cc1cccc(O/C(Br)=C/C2CCCCC2)c1. The van der Waals surface area contributed by atoms with Gasteiger partial charge < -0.3 is 4.74 Å². The molecule has 1 aromatic rings. The van der Waals surface area contributed by atoms with E-state index in [2.05, 4.69) is 41.1 Å². The summed E-state index contributed by atoms with van der Waals surface area (Å²) in [7, 11) is 0. The quantitative estimate of drug-likeness (QED) is 0.697. The Bertz CT molecular complexity index is 392. The van der Waals surface area contributed by atoms with Crippen LogP contribution in [-0.2, 0) is 0 Å². The topological polar surface area (TPSA) is 9.23 Å². The van der Waals surface area contributed by atoms with Crippen molar-refractivity contribution >= 4 is 15.9 Å². The Hall–Kier alpha value is -0.760. The summed E-state index contributed by atoms with van der Waals surface area (Å²) < 4.78 is 6.63. The molecular weight excluding hydrogens is 276 g/mol. The molecule has 0 atom stereocenters. The molecular formula is C15H19BrO. The van der Waals surface area contributed by atoms with E-state index in [-0.39, 0.29) is 0 Å². The number of hydrogen-bond donors (Lipinski definition) is 0. The van der Waals surface area contributed by atoms with Crippen LogP contribution in [0.4, 0.5) is 0 Å². The van der Waals surface area contributed by atoms with Crippen LogP contribution < -0.4 is 4.74 Å². The molecule has 1 nitrogen and oxygen atoms in total. The van der Waals surface area contributed by atoms with Gasteiger partial charge in [0.05, 0.1) is 0 Å². The Balaban J connectivity index is 1.95. The van der Waals surface area contributed by atoms with E-state index in [4.69, 9.17) is 4.74 Å². The van der Waals surface area contributed by atoms with Crippen LogP contribution in [0.3, 0.4) is 0 Å². The maximum Gasteiger partial charge on any atom is 0.166 e. The Morgan fingerprint density at radius 2 is 2.06 bits per heavy atom. The lowest BCUT2D eigenvalue weighted by atomic mass is 9.89. The van der Waals surface area contributed by atoms with E-state index in [0.717, 1.165) is 10.4 Å². The molecule has 0 bridgehead atoms. The first-order valence-corrected chi connectivity index (χ1v) is 7.15. The minimum absolute atomic E-state index is 0.683. The molecule has 0 saturated heterocycles. The predicted octanol–water partition coefficient (Wildman–Crippen LogP) is 5.19.